The quantitative estimate of drug-likeness (QED) is 0.504. The van der Waals surface area contributed by atoms with Crippen LogP contribution in [0.15, 0.2) is 55.0 Å². The van der Waals surface area contributed by atoms with E-state index in [1.807, 2.05) is 31.3 Å². The van der Waals surface area contributed by atoms with Crippen LogP contribution in [0, 0.1) is 6.92 Å². The number of para-hydroxylation sites is 1. The van der Waals surface area contributed by atoms with Crippen LogP contribution in [0.4, 0.5) is 5.69 Å². The molecule has 0 spiro atoms. The number of H-pyrrole nitrogens is 1. The molecule has 0 fully saturated rings. The normalized spacial score (nSPS) is 15.5. The first kappa shape index (κ1) is 14.5. The number of aromatic amines is 1. The van der Waals surface area contributed by atoms with Crippen LogP contribution in [0.2, 0.25) is 5.02 Å². The minimum Gasteiger partial charge on any atom is -0.373 e. The molecule has 0 amide bonds. The van der Waals surface area contributed by atoms with Crippen molar-refractivity contribution >= 4 is 28.3 Å². The summed E-state index contributed by atoms with van der Waals surface area (Å²) in [7, 11) is 0. The Morgan fingerprint density at radius 2 is 1.92 bits per heavy atom. The highest BCUT2D eigenvalue weighted by Crippen LogP contribution is 2.43. The minimum absolute atomic E-state index is 0.0738. The molecule has 1 atom stereocenters. The summed E-state index contributed by atoms with van der Waals surface area (Å²) in [5, 5.41) is 5.45. The number of hydrogen-bond acceptors (Lipinski definition) is 3. The predicted molar refractivity (Wildman–Crippen MR) is 101 cm³/mol. The second-order valence-corrected chi connectivity index (χ2v) is 6.75. The smallest absolute Gasteiger partial charge is 0.141 e. The second kappa shape index (κ2) is 5.33. The molecule has 4 aromatic rings. The molecular weight excluding hydrogens is 332 g/mol. The number of hydrogen-bond donors (Lipinski definition) is 2. The van der Waals surface area contributed by atoms with Gasteiger partial charge in [-0.1, -0.05) is 41.9 Å². The molecule has 0 bridgehead atoms. The topological polar surface area (TPSA) is 53.6 Å². The van der Waals surface area contributed by atoms with Gasteiger partial charge in [0.05, 0.1) is 17.1 Å². The van der Waals surface area contributed by atoms with E-state index in [4.69, 9.17) is 11.6 Å². The molecule has 0 saturated carbocycles. The molecule has 0 saturated heterocycles. The van der Waals surface area contributed by atoms with E-state index in [9.17, 15) is 0 Å². The highest BCUT2D eigenvalue weighted by molar-refractivity contribution is 6.31. The lowest BCUT2D eigenvalue weighted by Gasteiger charge is -2.20. The first-order valence-corrected chi connectivity index (χ1v) is 8.54. The number of benzene rings is 2. The Kier molecular flexibility index (Phi) is 3.09. The number of aromatic nitrogens is 3. The summed E-state index contributed by atoms with van der Waals surface area (Å²) >= 11 is 6.59. The zero-order chi connectivity index (χ0) is 17.0. The van der Waals surface area contributed by atoms with Crippen molar-refractivity contribution in [3.8, 4) is 11.3 Å². The van der Waals surface area contributed by atoms with Crippen molar-refractivity contribution < 1.29 is 0 Å². The van der Waals surface area contributed by atoms with Gasteiger partial charge >= 0.3 is 0 Å². The van der Waals surface area contributed by atoms with Crippen molar-refractivity contribution in [1.82, 2.24) is 15.0 Å². The molecule has 122 valence electrons. The molecular formula is C20H15ClN4. The second-order valence-electron chi connectivity index (χ2n) is 6.34. The van der Waals surface area contributed by atoms with Crippen molar-refractivity contribution in [1.29, 1.82) is 0 Å². The van der Waals surface area contributed by atoms with Crippen LogP contribution in [0.5, 0.6) is 0 Å². The van der Waals surface area contributed by atoms with Crippen LogP contribution in [-0.2, 0) is 0 Å². The maximum Gasteiger partial charge on any atom is 0.141 e. The Bertz CT molecular complexity index is 1120. The standard InChI is InChI=1S/C20H15ClN4/c1-11-6-7-12(15(21)8-11)18-14-9-22-20-17(14)19(23-10-24-20)13-4-2-3-5-16(13)25-18/h2-10,18,25H,1H3,(H,22,23,24). The van der Waals surface area contributed by atoms with Crippen LogP contribution in [-0.4, -0.2) is 15.0 Å². The van der Waals surface area contributed by atoms with Gasteiger partial charge in [-0.15, -0.1) is 0 Å². The van der Waals surface area contributed by atoms with Gasteiger partial charge < -0.3 is 10.3 Å². The molecule has 2 aromatic heterocycles. The molecule has 2 aromatic carbocycles. The first-order chi connectivity index (χ1) is 12.2. The summed E-state index contributed by atoms with van der Waals surface area (Å²) < 4.78 is 0. The van der Waals surface area contributed by atoms with E-state index in [0.717, 1.165) is 49.7 Å². The number of rotatable bonds is 1. The molecule has 5 rings (SSSR count). The lowest BCUT2D eigenvalue weighted by Crippen LogP contribution is -2.12. The molecule has 1 aliphatic heterocycles. The molecule has 2 N–H and O–H groups in total. The molecule has 1 aliphatic rings. The Morgan fingerprint density at radius 1 is 1.04 bits per heavy atom. The first-order valence-electron chi connectivity index (χ1n) is 8.16. The van der Waals surface area contributed by atoms with Crippen molar-refractivity contribution in [3.63, 3.8) is 0 Å². The fraction of sp³-hybridized carbons (Fsp3) is 0.100. The van der Waals surface area contributed by atoms with E-state index in [1.165, 1.54) is 0 Å². The van der Waals surface area contributed by atoms with Gasteiger partial charge in [-0.2, -0.15) is 0 Å². The molecule has 5 heteroatoms. The van der Waals surface area contributed by atoms with E-state index in [2.05, 4.69) is 44.5 Å². The molecule has 1 unspecified atom stereocenters. The van der Waals surface area contributed by atoms with E-state index < -0.39 is 0 Å². The van der Waals surface area contributed by atoms with Gasteiger partial charge in [0, 0.05) is 28.0 Å². The summed E-state index contributed by atoms with van der Waals surface area (Å²) in [6.07, 6.45) is 3.61. The summed E-state index contributed by atoms with van der Waals surface area (Å²) in [5.41, 5.74) is 7.18. The zero-order valence-corrected chi connectivity index (χ0v) is 14.3. The summed E-state index contributed by atoms with van der Waals surface area (Å²) in [6, 6.07) is 14.3. The minimum atomic E-state index is -0.0738. The largest absolute Gasteiger partial charge is 0.373 e. The van der Waals surface area contributed by atoms with Gasteiger partial charge in [0.25, 0.3) is 0 Å². The van der Waals surface area contributed by atoms with Gasteiger partial charge in [0.15, 0.2) is 0 Å². The van der Waals surface area contributed by atoms with Crippen LogP contribution >= 0.6 is 11.6 Å². The lowest BCUT2D eigenvalue weighted by atomic mass is 9.98. The monoisotopic (exact) mass is 346 g/mol. The zero-order valence-electron chi connectivity index (χ0n) is 13.5. The molecule has 4 nitrogen and oxygen atoms in total. The average Bonchev–Trinajstić information content (AvgIpc) is 2.98. The molecule has 0 aliphatic carbocycles. The van der Waals surface area contributed by atoms with E-state index in [0.29, 0.717) is 0 Å². The fourth-order valence-electron chi connectivity index (χ4n) is 3.58. The maximum atomic E-state index is 6.59. The Hall–Kier alpha value is -2.85. The van der Waals surface area contributed by atoms with Crippen molar-refractivity contribution in [2.24, 2.45) is 0 Å². The Balaban J connectivity index is 1.85. The fourth-order valence-corrected chi connectivity index (χ4v) is 3.92. The number of fused-ring (bicyclic) bond motifs is 2. The third-order valence-electron chi connectivity index (χ3n) is 4.76. The van der Waals surface area contributed by atoms with Crippen LogP contribution in [0.1, 0.15) is 22.7 Å². The summed E-state index contributed by atoms with van der Waals surface area (Å²) in [6.45, 7) is 2.04. The molecule has 0 radical (unpaired) electrons. The lowest BCUT2D eigenvalue weighted by molar-refractivity contribution is 0.952. The van der Waals surface area contributed by atoms with Crippen LogP contribution in [0.25, 0.3) is 22.3 Å². The van der Waals surface area contributed by atoms with Gasteiger partial charge in [-0.3, -0.25) is 0 Å². The van der Waals surface area contributed by atoms with E-state index in [-0.39, 0.29) is 6.04 Å². The van der Waals surface area contributed by atoms with Crippen molar-refractivity contribution in [2.45, 2.75) is 13.0 Å². The SMILES string of the molecule is Cc1ccc(C2Nc3ccccc3-c3ncnc4[nH]cc2c34)c(Cl)c1. The Labute approximate surface area is 149 Å². The Morgan fingerprint density at radius 3 is 2.80 bits per heavy atom. The van der Waals surface area contributed by atoms with E-state index >= 15 is 0 Å². The number of halogens is 1. The number of anilines is 1. The van der Waals surface area contributed by atoms with Gasteiger partial charge in [-0.05, 0) is 30.2 Å². The van der Waals surface area contributed by atoms with Crippen molar-refractivity contribution in [3.05, 3.63) is 76.7 Å². The van der Waals surface area contributed by atoms with Gasteiger partial charge in [0.1, 0.15) is 12.0 Å². The van der Waals surface area contributed by atoms with Gasteiger partial charge in [0.2, 0.25) is 0 Å². The highest BCUT2D eigenvalue weighted by atomic mass is 35.5. The summed E-state index contributed by atoms with van der Waals surface area (Å²) in [5.74, 6) is 0. The number of nitrogens with one attached hydrogen (secondary N) is 2. The van der Waals surface area contributed by atoms with Crippen LogP contribution < -0.4 is 5.32 Å². The van der Waals surface area contributed by atoms with Crippen LogP contribution in [0.3, 0.4) is 0 Å². The third kappa shape index (κ3) is 2.14. The third-order valence-corrected chi connectivity index (χ3v) is 5.09. The summed E-state index contributed by atoms with van der Waals surface area (Å²) in [4.78, 5) is 12.2. The predicted octanol–water partition coefficient (Wildman–Crippen LogP) is 5.10. The van der Waals surface area contributed by atoms with E-state index in [1.54, 1.807) is 6.33 Å². The number of aryl methyl sites for hydroxylation is 1. The average molecular weight is 347 g/mol. The maximum absolute atomic E-state index is 6.59. The molecule has 25 heavy (non-hydrogen) atoms. The van der Waals surface area contributed by atoms with Crippen molar-refractivity contribution in [2.75, 3.05) is 5.32 Å². The molecule has 3 heterocycles. The number of nitrogens with zero attached hydrogens (tertiary/aromatic N) is 2. The van der Waals surface area contributed by atoms with Gasteiger partial charge in [-0.25, -0.2) is 9.97 Å². The highest BCUT2D eigenvalue weighted by Gasteiger charge is 2.27.